The van der Waals surface area contributed by atoms with Crippen LogP contribution in [0.5, 0.6) is 0 Å². The quantitative estimate of drug-likeness (QED) is 0.194. The molecule has 9 heteroatoms. The van der Waals surface area contributed by atoms with Crippen LogP contribution in [0.25, 0.3) is 11.1 Å². The molecule has 1 aliphatic carbocycles. The lowest BCUT2D eigenvalue weighted by Gasteiger charge is -2.25. The summed E-state index contributed by atoms with van der Waals surface area (Å²) in [5.74, 6) is -0.559. The van der Waals surface area contributed by atoms with Crippen LogP contribution in [0.2, 0.25) is 0 Å². The Bertz CT molecular complexity index is 1100. The van der Waals surface area contributed by atoms with Gasteiger partial charge in [-0.05, 0) is 63.3 Å². The van der Waals surface area contributed by atoms with Gasteiger partial charge in [-0.15, -0.1) is 0 Å². The van der Waals surface area contributed by atoms with Crippen LogP contribution >= 0.6 is 21.6 Å². The number of alkyl carbamates (subject to hydrolysis) is 1. The van der Waals surface area contributed by atoms with Gasteiger partial charge in [0.1, 0.15) is 18.2 Å². The molecular formula is C29H37NO6S2. The first-order chi connectivity index (χ1) is 17.9. The fourth-order valence-electron chi connectivity index (χ4n) is 4.19. The van der Waals surface area contributed by atoms with E-state index in [9.17, 15) is 14.4 Å². The van der Waals surface area contributed by atoms with E-state index < -0.39 is 23.7 Å². The van der Waals surface area contributed by atoms with E-state index in [1.807, 2.05) is 58.9 Å². The first-order valence-corrected chi connectivity index (χ1v) is 14.9. The van der Waals surface area contributed by atoms with Gasteiger partial charge in [0, 0.05) is 22.8 Å². The van der Waals surface area contributed by atoms with Crippen molar-refractivity contribution in [2.45, 2.75) is 69.8 Å². The van der Waals surface area contributed by atoms with Crippen LogP contribution in [-0.4, -0.2) is 53.9 Å². The average molecular weight is 560 g/mol. The number of fused-ring (bicyclic) bond motifs is 3. The number of nitrogens with one attached hydrogen (secondary N) is 1. The first kappa shape index (κ1) is 29.9. The SMILES string of the molecule is COC(=O)[C@H](CSSC(C)(C)CCC(=O)OC(C)(C)C)NC(=O)OCC1c2ccccc2-c2ccccc21. The van der Waals surface area contributed by atoms with Gasteiger partial charge in [0.05, 0.1) is 7.11 Å². The lowest BCUT2D eigenvalue weighted by molar-refractivity contribution is -0.155. The minimum absolute atomic E-state index is 0.0690. The molecule has 206 valence electrons. The number of methoxy groups -OCH3 is 1. The minimum Gasteiger partial charge on any atom is -0.467 e. The zero-order valence-electron chi connectivity index (χ0n) is 22.9. The summed E-state index contributed by atoms with van der Waals surface area (Å²) >= 11 is 0. The van der Waals surface area contributed by atoms with Gasteiger partial charge in [0.25, 0.3) is 0 Å². The summed E-state index contributed by atoms with van der Waals surface area (Å²) in [7, 11) is 4.28. The first-order valence-electron chi connectivity index (χ1n) is 12.6. The summed E-state index contributed by atoms with van der Waals surface area (Å²) in [4.78, 5) is 37.1. The van der Waals surface area contributed by atoms with Crippen LogP contribution in [0.3, 0.4) is 0 Å². The van der Waals surface area contributed by atoms with Crippen molar-refractivity contribution in [3.63, 3.8) is 0 Å². The lowest BCUT2D eigenvalue weighted by Crippen LogP contribution is -2.43. The van der Waals surface area contributed by atoms with Gasteiger partial charge >= 0.3 is 18.0 Å². The second kappa shape index (κ2) is 12.9. The Hall–Kier alpha value is -2.65. The molecule has 2 aromatic carbocycles. The third-order valence-corrected chi connectivity index (χ3v) is 9.35. The molecule has 2 aromatic rings. The van der Waals surface area contributed by atoms with E-state index in [1.54, 1.807) is 10.8 Å². The molecule has 7 nitrogen and oxygen atoms in total. The van der Waals surface area contributed by atoms with Crippen molar-refractivity contribution in [3.05, 3.63) is 59.7 Å². The highest BCUT2D eigenvalue weighted by molar-refractivity contribution is 8.77. The molecule has 0 spiro atoms. The summed E-state index contributed by atoms with van der Waals surface area (Å²) in [6.07, 6.45) is 0.246. The van der Waals surface area contributed by atoms with Crippen molar-refractivity contribution in [1.29, 1.82) is 0 Å². The monoisotopic (exact) mass is 559 g/mol. The van der Waals surface area contributed by atoms with E-state index in [1.165, 1.54) is 17.9 Å². The molecule has 1 N–H and O–H groups in total. The maximum atomic E-state index is 12.7. The number of amides is 1. The topological polar surface area (TPSA) is 90.9 Å². The number of esters is 2. The zero-order valence-corrected chi connectivity index (χ0v) is 24.5. The second-order valence-electron chi connectivity index (χ2n) is 10.8. The van der Waals surface area contributed by atoms with Crippen molar-refractivity contribution < 1.29 is 28.6 Å². The van der Waals surface area contributed by atoms with E-state index in [4.69, 9.17) is 14.2 Å². The maximum absolute atomic E-state index is 12.7. The maximum Gasteiger partial charge on any atom is 0.407 e. The van der Waals surface area contributed by atoms with Gasteiger partial charge in [-0.1, -0.05) is 70.1 Å². The molecule has 0 saturated carbocycles. The van der Waals surface area contributed by atoms with E-state index in [0.29, 0.717) is 12.8 Å². The predicted octanol–water partition coefficient (Wildman–Crippen LogP) is 6.35. The fourth-order valence-corrected chi connectivity index (χ4v) is 6.94. The highest BCUT2D eigenvalue weighted by atomic mass is 33.1. The van der Waals surface area contributed by atoms with E-state index >= 15 is 0 Å². The summed E-state index contributed by atoms with van der Waals surface area (Å²) < 4.78 is 15.6. The standard InChI is InChI=1S/C29H37NO6S2/c1-28(2,3)36-25(31)15-16-29(4,5)38-37-18-24(26(32)34-6)30-27(33)35-17-23-21-13-9-7-11-19(21)20-12-8-10-14-22(20)23/h7-14,23-24H,15-18H2,1-6H3,(H,30,33)/t24-/m0/s1. The molecule has 0 bridgehead atoms. The van der Waals surface area contributed by atoms with Gasteiger partial charge in [0.15, 0.2) is 0 Å². The Balaban J connectivity index is 1.51. The van der Waals surface area contributed by atoms with Crippen LogP contribution in [0.15, 0.2) is 48.5 Å². The molecule has 1 atom stereocenters. The van der Waals surface area contributed by atoms with Crippen LogP contribution in [0.1, 0.15) is 64.5 Å². The van der Waals surface area contributed by atoms with E-state index in [-0.39, 0.29) is 29.0 Å². The molecule has 0 heterocycles. The number of hydrogen-bond donors (Lipinski definition) is 1. The highest BCUT2D eigenvalue weighted by Gasteiger charge is 2.30. The van der Waals surface area contributed by atoms with Crippen molar-refractivity contribution >= 4 is 39.6 Å². The molecule has 38 heavy (non-hydrogen) atoms. The molecule has 0 saturated heterocycles. The highest BCUT2D eigenvalue weighted by Crippen LogP contribution is 2.44. The van der Waals surface area contributed by atoms with Gasteiger partial charge in [-0.3, -0.25) is 4.79 Å². The molecule has 0 aromatic heterocycles. The van der Waals surface area contributed by atoms with Gasteiger partial charge in [-0.2, -0.15) is 0 Å². The normalized spacial score (nSPS) is 13.7. The number of benzene rings is 2. The minimum atomic E-state index is -0.866. The van der Waals surface area contributed by atoms with Crippen molar-refractivity contribution in [1.82, 2.24) is 5.32 Å². The average Bonchev–Trinajstić information content (AvgIpc) is 3.18. The van der Waals surface area contributed by atoms with Gasteiger partial charge in [0.2, 0.25) is 0 Å². The van der Waals surface area contributed by atoms with Gasteiger partial charge in [-0.25, -0.2) is 9.59 Å². The Kier molecular flexibility index (Phi) is 10.2. The Morgan fingerprint density at radius 2 is 1.53 bits per heavy atom. The zero-order chi connectivity index (χ0) is 27.9. The number of hydrogen-bond acceptors (Lipinski definition) is 8. The van der Waals surface area contributed by atoms with Crippen molar-refractivity contribution in [3.8, 4) is 11.1 Å². The fraction of sp³-hybridized carbons (Fsp3) is 0.483. The van der Waals surface area contributed by atoms with Crippen LogP contribution in [0.4, 0.5) is 4.79 Å². The molecule has 0 fully saturated rings. The molecule has 0 unspecified atom stereocenters. The molecule has 1 aliphatic rings. The molecular weight excluding hydrogens is 522 g/mol. The summed E-state index contributed by atoms with van der Waals surface area (Å²) in [5.41, 5.74) is 4.01. The third kappa shape index (κ3) is 8.43. The second-order valence-corrected chi connectivity index (χ2v) is 13.8. The Morgan fingerprint density at radius 1 is 0.947 bits per heavy atom. The Morgan fingerprint density at radius 3 is 2.08 bits per heavy atom. The summed E-state index contributed by atoms with van der Waals surface area (Å²) in [5, 5.41) is 2.66. The molecule has 3 rings (SSSR count). The summed E-state index contributed by atoms with van der Waals surface area (Å²) in [6, 6.07) is 15.4. The molecule has 0 aliphatic heterocycles. The van der Waals surface area contributed by atoms with Gasteiger partial charge < -0.3 is 19.5 Å². The number of carbonyl (C=O) groups excluding carboxylic acids is 3. The van der Waals surface area contributed by atoms with Crippen LogP contribution in [-0.2, 0) is 23.8 Å². The van der Waals surface area contributed by atoms with Crippen LogP contribution in [0, 0.1) is 0 Å². The number of carbonyl (C=O) groups is 3. The van der Waals surface area contributed by atoms with E-state index in [0.717, 1.165) is 22.3 Å². The third-order valence-electron chi connectivity index (χ3n) is 5.99. The summed E-state index contributed by atoms with van der Waals surface area (Å²) in [6.45, 7) is 9.75. The predicted molar refractivity (Wildman–Crippen MR) is 153 cm³/mol. The molecule has 1 amide bonds. The van der Waals surface area contributed by atoms with E-state index in [2.05, 4.69) is 29.6 Å². The molecule has 0 radical (unpaired) electrons. The van der Waals surface area contributed by atoms with Crippen molar-refractivity contribution in [2.24, 2.45) is 0 Å². The van der Waals surface area contributed by atoms with Crippen molar-refractivity contribution in [2.75, 3.05) is 19.5 Å². The lowest BCUT2D eigenvalue weighted by atomic mass is 9.98. The smallest absolute Gasteiger partial charge is 0.407 e. The largest absolute Gasteiger partial charge is 0.467 e. The van der Waals surface area contributed by atoms with Crippen LogP contribution < -0.4 is 5.32 Å². The number of ether oxygens (including phenoxy) is 3. The Labute approximate surface area is 233 Å². The number of rotatable bonds is 11.